The van der Waals surface area contributed by atoms with Gasteiger partial charge in [-0.3, -0.25) is 29.8 Å². The number of nitro groups is 2. The minimum absolute atomic E-state index is 0.0592. The van der Waals surface area contributed by atoms with Crippen molar-refractivity contribution in [2.45, 2.75) is 204 Å². The second kappa shape index (κ2) is 59.6. The van der Waals surface area contributed by atoms with E-state index >= 15 is 0 Å². The van der Waals surface area contributed by atoms with E-state index in [1.54, 1.807) is 66.7 Å². The normalized spacial score (nSPS) is 10.5. The molecular weight excluding hydrogens is 1410 g/mol. The first-order chi connectivity index (χ1) is 52.7. The molecule has 109 heavy (non-hydrogen) atoms. The highest BCUT2D eigenvalue weighted by Crippen LogP contribution is 2.33. The van der Waals surface area contributed by atoms with Crippen LogP contribution in [0, 0.1) is 34.1 Å². The van der Waals surface area contributed by atoms with Crippen LogP contribution in [0.4, 0.5) is 11.4 Å². The fraction of sp³-hybridized carbons (Fsp3) is 0.494. The number of ketones is 1. The third-order valence-corrected chi connectivity index (χ3v) is 17.6. The topological polar surface area (TPSA) is 273 Å². The number of phenols is 1. The molecule has 0 atom stereocenters. The van der Waals surface area contributed by atoms with Crippen LogP contribution in [0.5, 0.6) is 23.0 Å². The number of carbonyl (C=O) groups excluding carboxylic acids is 6. The summed E-state index contributed by atoms with van der Waals surface area (Å²) < 4.78 is 29.0. The van der Waals surface area contributed by atoms with Crippen LogP contribution >= 0.6 is 11.6 Å². The number of aryl methyl sites for hydroxylation is 4. The molecule has 6 aromatic carbocycles. The van der Waals surface area contributed by atoms with Crippen molar-refractivity contribution >= 4 is 68.2 Å². The molecule has 1 N–H and O–H groups in total. The van der Waals surface area contributed by atoms with Crippen molar-refractivity contribution < 1.29 is 66.8 Å². The lowest BCUT2D eigenvalue weighted by atomic mass is 9.98. The summed E-state index contributed by atoms with van der Waals surface area (Å²) in [5.41, 5.74) is 5.13. The highest BCUT2D eigenvalue weighted by molar-refractivity contribution is 6.67. The molecule has 0 bridgehead atoms. The van der Waals surface area contributed by atoms with Crippen molar-refractivity contribution in [2.24, 2.45) is 0 Å². The molecule has 596 valence electrons. The van der Waals surface area contributed by atoms with Crippen LogP contribution < -0.4 is 14.2 Å². The van der Waals surface area contributed by atoms with Crippen LogP contribution in [0.3, 0.4) is 0 Å². The number of nitro benzene ring substituents is 2. The van der Waals surface area contributed by atoms with Crippen LogP contribution in [-0.2, 0) is 32.0 Å². The van der Waals surface area contributed by atoms with E-state index in [4.69, 9.17) is 58.9 Å². The second-order valence-corrected chi connectivity index (χ2v) is 26.8. The number of hydrogen-bond donors (Lipinski definition) is 1. The molecule has 0 aliphatic heterocycles. The number of fused-ring (bicyclic) bond motifs is 2. The average molecular weight is 1530 g/mol. The Balaban J connectivity index is 0.000000484. The minimum atomic E-state index is -0.453. The molecule has 0 amide bonds. The van der Waals surface area contributed by atoms with Crippen LogP contribution in [0.25, 0.3) is 21.9 Å². The number of carbonyl (C=O) groups is 2. The standard InChI is InChI=1S/C30H40N2O5.C18H28ClNO2.C18H31NO.C12H13NO3.C7H8O.2CO2/c1-4-7-11-28-29(26-22-24(32(34)35)14-17-27(26)37-28)30(33)23-12-15-25(16-13-23)36-21-10-20-31(18-8-5-2)19-9-6-3;1-3-5-12-20(13-6-4-2)14-7-15-22-17-10-8-16(9-11-17)18(19)21;1-4-6-13-19(14-7-5-2)15-8-16-20-18-11-9-17(3)10-12-18;1-2-3-4-11-8-9-7-10(13(14)15)5-6-12(9)16-11;1-6-2-4-7(8)5-3-6;2*2-1-3/h12-17,22H,4-11,18-21H2,1-3H3;8-11H,3-7,12-15H2,1-2H3;9-12H,4-8,13-16H2,1-3H3;5-8H,2-4H2,1H3;2-5,8H,1H3;;. The summed E-state index contributed by atoms with van der Waals surface area (Å²) in [6.45, 7) is 34.2. The van der Waals surface area contributed by atoms with Crippen LogP contribution in [0.2, 0.25) is 0 Å². The van der Waals surface area contributed by atoms with Crippen molar-refractivity contribution in [1.82, 2.24) is 14.7 Å². The summed E-state index contributed by atoms with van der Waals surface area (Å²) in [7, 11) is 0. The van der Waals surface area contributed by atoms with Gasteiger partial charge in [0.25, 0.3) is 16.6 Å². The van der Waals surface area contributed by atoms with Gasteiger partial charge in [0, 0.05) is 78.6 Å². The molecule has 0 saturated carbocycles. The lowest BCUT2D eigenvalue weighted by molar-refractivity contribution is -0.384. The molecule has 0 aliphatic carbocycles. The van der Waals surface area contributed by atoms with Gasteiger partial charge >= 0.3 is 12.3 Å². The highest BCUT2D eigenvalue weighted by Gasteiger charge is 2.24. The first kappa shape index (κ1) is 95.7. The SMILES string of the molecule is CCCCN(CCCC)CCCOc1ccc(C(=O)Cl)cc1.CCCCN(CCCC)CCCOc1ccc(C)cc1.CCCCc1cc2cc([N+](=O)[O-])ccc2o1.CCCCc1oc2ccc([N+](=O)[O-])cc2c1C(=O)c1ccc(OCCCN(CCCC)CCCC)cc1.Cc1ccc(O)cc1.O=C=O.O=C=O. The molecule has 21 nitrogen and oxygen atoms in total. The van der Waals surface area contributed by atoms with E-state index in [1.807, 2.05) is 37.3 Å². The molecule has 0 aliphatic rings. The zero-order valence-electron chi connectivity index (χ0n) is 66.3. The van der Waals surface area contributed by atoms with Gasteiger partial charge in [-0.2, -0.15) is 19.2 Å². The molecular formula is C87H120ClN5O16. The van der Waals surface area contributed by atoms with Gasteiger partial charge in [0.05, 0.1) is 35.2 Å². The van der Waals surface area contributed by atoms with Gasteiger partial charge in [0.15, 0.2) is 5.78 Å². The Morgan fingerprint density at radius 2 is 0.771 bits per heavy atom. The molecule has 0 unspecified atom stereocenters. The van der Waals surface area contributed by atoms with Crippen LogP contribution in [-0.4, -0.2) is 132 Å². The number of phenolic OH excluding ortho intramolecular Hbond substituents is 1. The lowest BCUT2D eigenvalue weighted by Gasteiger charge is -2.21. The monoisotopic (exact) mass is 1530 g/mol. The molecule has 0 radical (unpaired) electrons. The van der Waals surface area contributed by atoms with E-state index in [-0.39, 0.29) is 29.5 Å². The summed E-state index contributed by atoms with van der Waals surface area (Å²) in [5.74, 6) is 4.12. The van der Waals surface area contributed by atoms with E-state index in [2.05, 4.69) is 101 Å². The predicted octanol–water partition coefficient (Wildman–Crippen LogP) is 21.2. The summed E-state index contributed by atoms with van der Waals surface area (Å²) in [6, 6.07) is 40.5. The van der Waals surface area contributed by atoms with Crippen LogP contribution in [0.15, 0.2) is 148 Å². The number of aromatic hydroxyl groups is 1. The van der Waals surface area contributed by atoms with Crippen molar-refractivity contribution in [3.63, 3.8) is 0 Å². The average Bonchev–Trinajstić information content (AvgIpc) is 1.63. The molecule has 2 aromatic heterocycles. The molecule has 2 heterocycles. The zero-order valence-corrected chi connectivity index (χ0v) is 67.1. The highest BCUT2D eigenvalue weighted by atomic mass is 35.5. The van der Waals surface area contributed by atoms with Gasteiger partial charge < -0.3 is 42.9 Å². The summed E-state index contributed by atoms with van der Waals surface area (Å²) >= 11 is 5.42. The Hall–Kier alpha value is -9.33. The summed E-state index contributed by atoms with van der Waals surface area (Å²) in [4.78, 5) is 85.7. The largest absolute Gasteiger partial charge is 0.508 e. The first-order valence-electron chi connectivity index (χ1n) is 38.9. The Morgan fingerprint density at radius 1 is 0.431 bits per heavy atom. The Bertz CT molecular complexity index is 3770. The summed E-state index contributed by atoms with van der Waals surface area (Å²) in [5, 5.41) is 31.5. The van der Waals surface area contributed by atoms with Gasteiger partial charge in [-0.25, -0.2) is 0 Å². The first-order valence-corrected chi connectivity index (χ1v) is 39.3. The fourth-order valence-corrected chi connectivity index (χ4v) is 11.3. The van der Waals surface area contributed by atoms with E-state index in [9.17, 15) is 29.8 Å². The fourth-order valence-electron chi connectivity index (χ4n) is 11.1. The zero-order chi connectivity index (χ0) is 80.4. The third-order valence-electron chi connectivity index (χ3n) is 17.4. The number of nitrogens with zero attached hydrogens (tertiary/aromatic N) is 5. The Morgan fingerprint density at radius 3 is 1.14 bits per heavy atom. The molecule has 8 rings (SSSR count). The molecule has 22 heteroatoms. The molecule has 0 saturated heterocycles. The van der Waals surface area contributed by atoms with E-state index in [0.717, 1.165) is 125 Å². The van der Waals surface area contributed by atoms with E-state index in [1.165, 1.54) is 133 Å². The maximum Gasteiger partial charge on any atom is 0.373 e. The van der Waals surface area contributed by atoms with Gasteiger partial charge in [0.2, 0.25) is 0 Å². The molecule has 0 spiro atoms. The number of halogens is 1. The molecule has 8 aromatic rings. The number of non-ortho nitro benzene ring substituents is 2. The Kier molecular flexibility index (Phi) is 52.4. The van der Waals surface area contributed by atoms with Gasteiger partial charge in [-0.1, -0.05) is 142 Å². The second-order valence-electron chi connectivity index (χ2n) is 26.5. The van der Waals surface area contributed by atoms with Crippen molar-refractivity contribution in [3.05, 3.63) is 199 Å². The number of rotatable bonds is 44. The van der Waals surface area contributed by atoms with Crippen molar-refractivity contribution in [2.75, 3.05) is 78.7 Å². The number of furan rings is 2. The van der Waals surface area contributed by atoms with Gasteiger partial charge in [0.1, 0.15) is 45.7 Å². The quantitative estimate of drug-likeness (QED) is 0.0122. The van der Waals surface area contributed by atoms with Gasteiger partial charge in [-0.05, 0) is 226 Å². The van der Waals surface area contributed by atoms with Gasteiger partial charge in [-0.15, -0.1) is 0 Å². The smallest absolute Gasteiger partial charge is 0.373 e. The number of benzene rings is 6. The lowest BCUT2D eigenvalue weighted by Crippen LogP contribution is -2.28. The maximum atomic E-state index is 13.5. The summed E-state index contributed by atoms with van der Waals surface area (Å²) in [6.07, 6.45) is 24.1. The van der Waals surface area contributed by atoms with E-state index < -0.39 is 15.1 Å². The maximum absolute atomic E-state index is 13.5. The van der Waals surface area contributed by atoms with Crippen molar-refractivity contribution in [3.8, 4) is 23.0 Å². The number of unbranched alkanes of at least 4 members (excludes halogenated alkanes) is 8. The van der Waals surface area contributed by atoms with Crippen molar-refractivity contribution in [1.29, 1.82) is 0 Å². The predicted molar refractivity (Wildman–Crippen MR) is 433 cm³/mol. The number of ether oxygens (including phenoxy) is 3. The Labute approximate surface area is 651 Å². The third kappa shape index (κ3) is 41.2. The number of hydrogen-bond acceptors (Lipinski definition) is 19. The molecule has 0 fully saturated rings. The van der Waals surface area contributed by atoms with E-state index in [0.29, 0.717) is 58.8 Å². The minimum Gasteiger partial charge on any atom is -0.508 e. The van der Waals surface area contributed by atoms with Crippen LogP contribution in [0.1, 0.15) is 226 Å².